The number of nitrogens with one attached hydrogen (secondary N) is 1. The number of ether oxygens (including phenoxy) is 1. The average molecular weight is 318 g/mol. The first-order chi connectivity index (χ1) is 10.8. The molecule has 1 aliphatic rings. The summed E-state index contributed by atoms with van der Waals surface area (Å²) < 4.78 is 5.46. The van der Waals surface area contributed by atoms with Crippen LogP contribution in [0.5, 0.6) is 5.75 Å². The Balaban J connectivity index is 1.60. The van der Waals surface area contributed by atoms with Crippen molar-refractivity contribution in [3.05, 3.63) is 47.7 Å². The summed E-state index contributed by atoms with van der Waals surface area (Å²) in [6.45, 7) is 2.99. The van der Waals surface area contributed by atoms with Crippen molar-refractivity contribution >= 4 is 23.0 Å². The number of anilines is 2. The highest BCUT2D eigenvalue weighted by Crippen LogP contribution is 2.32. The van der Waals surface area contributed by atoms with Crippen LogP contribution < -0.4 is 15.0 Å². The second-order valence-corrected chi connectivity index (χ2v) is 5.92. The molecule has 3 rings (SSSR count). The summed E-state index contributed by atoms with van der Waals surface area (Å²) in [6, 6.07) is 10.1. The number of benzene rings is 1. The Kier molecular flexibility index (Phi) is 4.68. The number of hydrogen-bond donors (Lipinski definition) is 1. The lowest BCUT2D eigenvalue weighted by Crippen LogP contribution is -2.23. The zero-order chi connectivity index (χ0) is 15.4. The van der Waals surface area contributed by atoms with Crippen LogP contribution in [0.15, 0.2) is 42.7 Å². The third kappa shape index (κ3) is 3.28. The molecular formula is C17H20ClN3O. The highest BCUT2D eigenvalue weighted by molar-refractivity contribution is 6.33. The van der Waals surface area contributed by atoms with Gasteiger partial charge in [0, 0.05) is 32.0 Å². The third-order valence-electron chi connectivity index (χ3n) is 4.07. The van der Waals surface area contributed by atoms with Crippen molar-refractivity contribution in [1.29, 1.82) is 0 Å². The molecule has 1 atom stereocenters. The summed E-state index contributed by atoms with van der Waals surface area (Å²) >= 11 is 6.12. The first-order valence-electron chi connectivity index (χ1n) is 7.49. The van der Waals surface area contributed by atoms with Gasteiger partial charge in [-0.1, -0.05) is 23.7 Å². The minimum Gasteiger partial charge on any atom is -0.495 e. The monoisotopic (exact) mass is 317 g/mol. The second kappa shape index (κ2) is 6.88. The minimum absolute atomic E-state index is 0.592. The summed E-state index contributed by atoms with van der Waals surface area (Å²) in [5.74, 6) is 1.53. The van der Waals surface area contributed by atoms with Crippen molar-refractivity contribution in [1.82, 2.24) is 4.98 Å². The topological polar surface area (TPSA) is 37.4 Å². The van der Waals surface area contributed by atoms with Gasteiger partial charge in [0.2, 0.25) is 0 Å². The molecule has 1 N–H and O–H groups in total. The molecule has 2 aromatic rings. The first-order valence-corrected chi connectivity index (χ1v) is 7.87. The molecule has 1 aliphatic heterocycles. The summed E-state index contributed by atoms with van der Waals surface area (Å²) in [4.78, 5) is 6.39. The van der Waals surface area contributed by atoms with Crippen LogP contribution in [0.4, 0.5) is 11.4 Å². The number of aromatic nitrogens is 1. The molecule has 1 saturated heterocycles. The van der Waals surface area contributed by atoms with Crippen molar-refractivity contribution in [3.8, 4) is 5.75 Å². The van der Waals surface area contributed by atoms with Crippen LogP contribution in [0, 0.1) is 5.92 Å². The van der Waals surface area contributed by atoms with E-state index in [1.54, 1.807) is 19.5 Å². The van der Waals surface area contributed by atoms with Crippen molar-refractivity contribution in [3.63, 3.8) is 0 Å². The first kappa shape index (κ1) is 15.0. The Morgan fingerprint density at radius 2 is 2.23 bits per heavy atom. The lowest BCUT2D eigenvalue weighted by molar-refractivity contribution is 0.414. The fourth-order valence-electron chi connectivity index (χ4n) is 2.88. The van der Waals surface area contributed by atoms with Crippen molar-refractivity contribution in [2.75, 3.05) is 37.0 Å². The highest BCUT2D eigenvalue weighted by Gasteiger charge is 2.24. The molecule has 1 aromatic heterocycles. The Bertz CT molecular complexity index is 635. The van der Waals surface area contributed by atoms with Crippen LogP contribution in [0.3, 0.4) is 0 Å². The quantitative estimate of drug-likeness (QED) is 0.912. The smallest absolute Gasteiger partial charge is 0.142 e. The van der Waals surface area contributed by atoms with Crippen LogP contribution >= 0.6 is 11.6 Å². The SMILES string of the molecule is COc1ccccc1N1CCC(CNc2ccncc2Cl)C1. The molecule has 0 spiro atoms. The number of hydrogen-bond acceptors (Lipinski definition) is 4. The molecule has 0 aliphatic carbocycles. The van der Waals surface area contributed by atoms with E-state index in [-0.39, 0.29) is 0 Å². The van der Waals surface area contributed by atoms with Crippen molar-refractivity contribution in [2.45, 2.75) is 6.42 Å². The highest BCUT2D eigenvalue weighted by atomic mass is 35.5. The van der Waals surface area contributed by atoms with Gasteiger partial charge in [0.05, 0.1) is 23.5 Å². The zero-order valence-electron chi connectivity index (χ0n) is 12.6. The fourth-order valence-corrected chi connectivity index (χ4v) is 3.07. The van der Waals surface area contributed by atoms with Crippen LogP contribution in [0.1, 0.15) is 6.42 Å². The predicted octanol–water partition coefficient (Wildman–Crippen LogP) is 3.68. The summed E-state index contributed by atoms with van der Waals surface area (Å²) in [6.07, 6.45) is 4.58. The molecule has 0 bridgehead atoms. The number of methoxy groups -OCH3 is 1. The van der Waals surface area contributed by atoms with Gasteiger partial charge < -0.3 is 15.0 Å². The molecule has 2 heterocycles. The molecule has 0 radical (unpaired) electrons. The van der Waals surface area contributed by atoms with Gasteiger partial charge in [0.1, 0.15) is 5.75 Å². The Labute approximate surface area is 136 Å². The molecule has 0 amide bonds. The Morgan fingerprint density at radius 1 is 1.36 bits per heavy atom. The number of halogens is 1. The van der Waals surface area contributed by atoms with Crippen molar-refractivity contribution in [2.24, 2.45) is 5.92 Å². The van der Waals surface area contributed by atoms with Crippen LogP contribution in [0.25, 0.3) is 0 Å². The lowest BCUT2D eigenvalue weighted by Gasteiger charge is -2.21. The molecule has 4 nitrogen and oxygen atoms in total. The predicted molar refractivity (Wildman–Crippen MR) is 91.1 cm³/mol. The molecule has 22 heavy (non-hydrogen) atoms. The van der Waals surface area contributed by atoms with E-state index in [0.717, 1.165) is 37.5 Å². The summed E-state index contributed by atoms with van der Waals surface area (Å²) in [5, 5.41) is 4.09. The van der Waals surface area contributed by atoms with E-state index in [0.29, 0.717) is 10.9 Å². The fraction of sp³-hybridized carbons (Fsp3) is 0.353. The summed E-state index contributed by atoms with van der Waals surface area (Å²) in [7, 11) is 1.72. The van der Waals surface area contributed by atoms with Gasteiger partial charge in [-0.05, 0) is 30.5 Å². The van der Waals surface area contributed by atoms with Crippen LogP contribution in [-0.2, 0) is 0 Å². The van der Waals surface area contributed by atoms with E-state index in [9.17, 15) is 0 Å². The molecule has 116 valence electrons. The van der Waals surface area contributed by atoms with E-state index in [1.165, 1.54) is 5.69 Å². The van der Waals surface area contributed by atoms with E-state index in [4.69, 9.17) is 16.3 Å². The van der Waals surface area contributed by atoms with Gasteiger partial charge in [-0.3, -0.25) is 4.98 Å². The maximum atomic E-state index is 6.12. The van der Waals surface area contributed by atoms with Gasteiger partial charge in [-0.25, -0.2) is 0 Å². The maximum absolute atomic E-state index is 6.12. The molecule has 5 heteroatoms. The van der Waals surface area contributed by atoms with Gasteiger partial charge in [0.25, 0.3) is 0 Å². The van der Waals surface area contributed by atoms with Gasteiger partial charge in [-0.2, -0.15) is 0 Å². The Hall–Kier alpha value is -1.94. The molecule has 0 saturated carbocycles. The van der Waals surface area contributed by atoms with Gasteiger partial charge in [0.15, 0.2) is 0 Å². The minimum atomic E-state index is 0.592. The lowest BCUT2D eigenvalue weighted by atomic mass is 10.1. The standard InChI is InChI=1S/C17H20ClN3O/c1-22-17-5-3-2-4-16(17)21-9-7-13(12-21)10-20-15-6-8-19-11-14(15)18/h2-6,8,11,13H,7,9-10,12H2,1H3,(H,19,20). The molecule has 1 unspecified atom stereocenters. The summed E-state index contributed by atoms with van der Waals surface area (Å²) in [5.41, 5.74) is 2.13. The van der Waals surface area contributed by atoms with Gasteiger partial charge >= 0.3 is 0 Å². The second-order valence-electron chi connectivity index (χ2n) is 5.51. The van der Waals surface area contributed by atoms with Crippen molar-refractivity contribution < 1.29 is 4.74 Å². The van der Waals surface area contributed by atoms with E-state index in [1.807, 2.05) is 18.2 Å². The zero-order valence-corrected chi connectivity index (χ0v) is 13.4. The van der Waals surface area contributed by atoms with Gasteiger partial charge in [-0.15, -0.1) is 0 Å². The third-order valence-corrected chi connectivity index (χ3v) is 4.37. The van der Waals surface area contributed by atoms with E-state index >= 15 is 0 Å². The number of rotatable bonds is 5. The molecule has 1 aromatic carbocycles. The van der Waals surface area contributed by atoms with E-state index in [2.05, 4.69) is 27.3 Å². The maximum Gasteiger partial charge on any atom is 0.142 e. The number of pyridine rings is 1. The number of nitrogens with zero attached hydrogens (tertiary/aromatic N) is 2. The number of para-hydroxylation sites is 2. The molecule has 1 fully saturated rings. The normalized spacial score (nSPS) is 17.5. The largest absolute Gasteiger partial charge is 0.495 e. The average Bonchev–Trinajstić information content (AvgIpc) is 3.03. The van der Waals surface area contributed by atoms with E-state index < -0.39 is 0 Å². The Morgan fingerprint density at radius 3 is 3.05 bits per heavy atom. The van der Waals surface area contributed by atoms with Crippen LogP contribution in [0.2, 0.25) is 5.02 Å². The van der Waals surface area contributed by atoms with Crippen LogP contribution in [-0.4, -0.2) is 31.7 Å². The molecular weight excluding hydrogens is 298 g/mol.